The summed E-state index contributed by atoms with van der Waals surface area (Å²) in [4.78, 5) is 2.45. The quantitative estimate of drug-likeness (QED) is 0.788. The maximum Gasteiger partial charge on any atom is 0.0564 e. The first-order chi connectivity index (χ1) is 9.24. The van der Waals surface area contributed by atoms with E-state index in [4.69, 9.17) is 0 Å². The number of rotatable bonds is 6. The van der Waals surface area contributed by atoms with Crippen molar-refractivity contribution in [1.29, 1.82) is 0 Å². The summed E-state index contributed by atoms with van der Waals surface area (Å²) in [6.45, 7) is 5.21. The number of aliphatic hydroxyl groups excluding tert-OH is 1. The van der Waals surface area contributed by atoms with Crippen molar-refractivity contribution in [3.05, 3.63) is 34.3 Å². The van der Waals surface area contributed by atoms with Gasteiger partial charge in [0.15, 0.2) is 0 Å². The third kappa shape index (κ3) is 5.61. The van der Waals surface area contributed by atoms with E-state index in [1.807, 2.05) is 6.07 Å². The molecule has 106 valence electrons. The van der Waals surface area contributed by atoms with Crippen LogP contribution in [0.5, 0.6) is 0 Å². The number of hydrogen-bond donors (Lipinski definition) is 2. The summed E-state index contributed by atoms with van der Waals surface area (Å²) in [5, 5.41) is 12.9. The largest absolute Gasteiger partial charge is 0.393 e. The van der Waals surface area contributed by atoms with Crippen LogP contribution in [-0.4, -0.2) is 42.3 Å². The SMILES string of the molecule is OC1CCN(CCCNCc2cccc(Br)c2)CC1. The molecule has 1 fully saturated rings. The summed E-state index contributed by atoms with van der Waals surface area (Å²) < 4.78 is 1.14. The number of halogens is 1. The first kappa shape index (κ1) is 15.0. The van der Waals surface area contributed by atoms with Crippen LogP contribution in [0.4, 0.5) is 0 Å². The van der Waals surface area contributed by atoms with Crippen LogP contribution < -0.4 is 5.32 Å². The average Bonchev–Trinajstić information content (AvgIpc) is 2.41. The van der Waals surface area contributed by atoms with Gasteiger partial charge in [0.1, 0.15) is 0 Å². The Hall–Kier alpha value is -0.420. The Balaban J connectivity index is 1.55. The van der Waals surface area contributed by atoms with Gasteiger partial charge in [-0.05, 0) is 50.0 Å². The highest BCUT2D eigenvalue weighted by Crippen LogP contribution is 2.11. The first-order valence-electron chi connectivity index (χ1n) is 7.09. The van der Waals surface area contributed by atoms with E-state index in [1.165, 1.54) is 12.0 Å². The maximum absolute atomic E-state index is 9.44. The van der Waals surface area contributed by atoms with Crippen molar-refractivity contribution >= 4 is 15.9 Å². The molecule has 0 atom stereocenters. The zero-order chi connectivity index (χ0) is 13.5. The van der Waals surface area contributed by atoms with Gasteiger partial charge in [0, 0.05) is 24.1 Å². The highest BCUT2D eigenvalue weighted by atomic mass is 79.9. The molecule has 0 amide bonds. The van der Waals surface area contributed by atoms with Crippen molar-refractivity contribution in [3.8, 4) is 0 Å². The summed E-state index contributed by atoms with van der Waals surface area (Å²) in [5.74, 6) is 0. The van der Waals surface area contributed by atoms with Gasteiger partial charge in [0.2, 0.25) is 0 Å². The van der Waals surface area contributed by atoms with Gasteiger partial charge in [0.05, 0.1) is 6.10 Å². The normalized spacial score (nSPS) is 17.8. The van der Waals surface area contributed by atoms with Crippen LogP contribution in [0.2, 0.25) is 0 Å². The number of hydrogen-bond acceptors (Lipinski definition) is 3. The van der Waals surface area contributed by atoms with Gasteiger partial charge in [0.25, 0.3) is 0 Å². The number of nitrogens with zero attached hydrogens (tertiary/aromatic N) is 1. The molecule has 0 aliphatic carbocycles. The molecule has 0 bridgehead atoms. The molecular formula is C15H23BrN2O. The van der Waals surface area contributed by atoms with Crippen LogP contribution in [-0.2, 0) is 6.54 Å². The van der Waals surface area contributed by atoms with Crippen LogP contribution in [0.1, 0.15) is 24.8 Å². The summed E-state index contributed by atoms with van der Waals surface area (Å²) in [7, 11) is 0. The lowest BCUT2D eigenvalue weighted by molar-refractivity contribution is 0.0821. The summed E-state index contributed by atoms with van der Waals surface area (Å²) in [6.07, 6.45) is 2.98. The van der Waals surface area contributed by atoms with Crippen LogP contribution >= 0.6 is 15.9 Å². The molecule has 0 spiro atoms. The van der Waals surface area contributed by atoms with E-state index in [0.717, 1.165) is 50.0 Å². The number of benzene rings is 1. The number of piperidine rings is 1. The molecule has 2 rings (SSSR count). The number of aliphatic hydroxyl groups is 1. The van der Waals surface area contributed by atoms with Crippen LogP contribution in [0.25, 0.3) is 0 Å². The Labute approximate surface area is 124 Å². The Morgan fingerprint density at radius 3 is 2.84 bits per heavy atom. The third-order valence-corrected chi connectivity index (χ3v) is 4.10. The van der Waals surface area contributed by atoms with Gasteiger partial charge in [-0.25, -0.2) is 0 Å². The van der Waals surface area contributed by atoms with E-state index in [2.05, 4.69) is 44.3 Å². The van der Waals surface area contributed by atoms with Gasteiger partial charge in [-0.15, -0.1) is 0 Å². The van der Waals surface area contributed by atoms with Crippen molar-refractivity contribution in [1.82, 2.24) is 10.2 Å². The van der Waals surface area contributed by atoms with E-state index in [9.17, 15) is 5.11 Å². The van der Waals surface area contributed by atoms with E-state index < -0.39 is 0 Å². The van der Waals surface area contributed by atoms with E-state index in [0.29, 0.717) is 0 Å². The van der Waals surface area contributed by atoms with Crippen molar-refractivity contribution in [2.24, 2.45) is 0 Å². The maximum atomic E-state index is 9.44. The van der Waals surface area contributed by atoms with Gasteiger partial charge >= 0.3 is 0 Å². The topological polar surface area (TPSA) is 35.5 Å². The summed E-state index contributed by atoms with van der Waals surface area (Å²) in [5.41, 5.74) is 1.32. The predicted octanol–water partition coefficient (Wildman–Crippen LogP) is 2.39. The minimum atomic E-state index is -0.0640. The molecule has 0 radical (unpaired) electrons. The number of nitrogens with one attached hydrogen (secondary N) is 1. The molecule has 0 saturated carbocycles. The average molecular weight is 327 g/mol. The fourth-order valence-corrected chi connectivity index (χ4v) is 2.90. The Kier molecular flexibility index (Phi) is 6.31. The first-order valence-corrected chi connectivity index (χ1v) is 7.89. The third-order valence-electron chi connectivity index (χ3n) is 3.60. The fourth-order valence-electron chi connectivity index (χ4n) is 2.45. The Morgan fingerprint density at radius 2 is 2.11 bits per heavy atom. The number of likely N-dealkylation sites (tertiary alicyclic amines) is 1. The van der Waals surface area contributed by atoms with E-state index >= 15 is 0 Å². The molecule has 2 N–H and O–H groups in total. The monoisotopic (exact) mass is 326 g/mol. The zero-order valence-corrected chi connectivity index (χ0v) is 12.9. The van der Waals surface area contributed by atoms with Gasteiger partial charge in [-0.3, -0.25) is 0 Å². The van der Waals surface area contributed by atoms with Crippen LogP contribution in [0.15, 0.2) is 28.7 Å². The van der Waals surface area contributed by atoms with Gasteiger partial charge in [-0.1, -0.05) is 28.1 Å². The minimum absolute atomic E-state index is 0.0640. The molecule has 1 saturated heterocycles. The lowest BCUT2D eigenvalue weighted by atomic mass is 10.1. The highest BCUT2D eigenvalue weighted by Gasteiger charge is 2.15. The lowest BCUT2D eigenvalue weighted by Gasteiger charge is -2.29. The van der Waals surface area contributed by atoms with Gasteiger partial charge < -0.3 is 15.3 Å². The van der Waals surface area contributed by atoms with E-state index in [1.54, 1.807) is 0 Å². The molecule has 1 aromatic rings. The highest BCUT2D eigenvalue weighted by molar-refractivity contribution is 9.10. The zero-order valence-electron chi connectivity index (χ0n) is 11.3. The van der Waals surface area contributed by atoms with Crippen molar-refractivity contribution in [2.75, 3.05) is 26.2 Å². The molecule has 0 unspecified atom stereocenters. The van der Waals surface area contributed by atoms with Crippen molar-refractivity contribution < 1.29 is 5.11 Å². The fraction of sp³-hybridized carbons (Fsp3) is 0.600. The van der Waals surface area contributed by atoms with Crippen LogP contribution in [0.3, 0.4) is 0 Å². The molecule has 1 aliphatic heterocycles. The minimum Gasteiger partial charge on any atom is -0.393 e. The Bertz CT molecular complexity index is 378. The van der Waals surface area contributed by atoms with Crippen molar-refractivity contribution in [2.45, 2.75) is 31.9 Å². The van der Waals surface area contributed by atoms with E-state index in [-0.39, 0.29) is 6.10 Å². The predicted molar refractivity (Wildman–Crippen MR) is 82.1 cm³/mol. The summed E-state index contributed by atoms with van der Waals surface area (Å²) >= 11 is 3.49. The lowest BCUT2D eigenvalue weighted by Crippen LogP contribution is -2.37. The standard InChI is InChI=1S/C15H23BrN2O/c16-14-4-1-3-13(11-14)12-17-7-2-8-18-9-5-15(19)6-10-18/h1,3-4,11,15,17,19H,2,5-10,12H2. The molecule has 1 heterocycles. The molecule has 1 aliphatic rings. The second-order valence-corrected chi connectivity index (χ2v) is 6.15. The van der Waals surface area contributed by atoms with Gasteiger partial charge in [-0.2, -0.15) is 0 Å². The Morgan fingerprint density at radius 1 is 1.32 bits per heavy atom. The second-order valence-electron chi connectivity index (χ2n) is 5.23. The molecular weight excluding hydrogens is 304 g/mol. The molecule has 3 nitrogen and oxygen atoms in total. The summed E-state index contributed by atoms with van der Waals surface area (Å²) in [6, 6.07) is 8.41. The smallest absolute Gasteiger partial charge is 0.0564 e. The van der Waals surface area contributed by atoms with Crippen molar-refractivity contribution in [3.63, 3.8) is 0 Å². The van der Waals surface area contributed by atoms with Crippen LogP contribution in [0, 0.1) is 0 Å². The molecule has 0 aromatic heterocycles. The second kappa shape index (κ2) is 8.00. The molecule has 19 heavy (non-hydrogen) atoms. The molecule has 4 heteroatoms. The molecule has 1 aromatic carbocycles.